The number of nitrogens with zero attached hydrogens (tertiary/aromatic N) is 7. The number of benzene rings is 2. The van der Waals surface area contributed by atoms with Gasteiger partial charge in [0.15, 0.2) is 0 Å². The fourth-order valence-electron chi connectivity index (χ4n) is 3.96. The molecule has 2 N–H and O–H groups in total. The van der Waals surface area contributed by atoms with E-state index in [-0.39, 0.29) is 11.5 Å². The van der Waals surface area contributed by atoms with E-state index in [2.05, 4.69) is 63.6 Å². The lowest BCUT2D eigenvalue weighted by molar-refractivity contribution is 0.412. The lowest BCUT2D eigenvalue weighted by Crippen LogP contribution is -2.23. The van der Waals surface area contributed by atoms with Crippen LogP contribution in [0.2, 0.25) is 0 Å². The summed E-state index contributed by atoms with van der Waals surface area (Å²) in [4.78, 5) is 17.4. The molecule has 2 aromatic carbocycles. The van der Waals surface area contributed by atoms with E-state index >= 15 is 0 Å². The average Bonchev–Trinajstić information content (AvgIpc) is 3.46. The third-order valence-corrected chi connectivity index (χ3v) is 5.44. The van der Waals surface area contributed by atoms with Gasteiger partial charge in [-0.05, 0) is 50.6 Å². The van der Waals surface area contributed by atoms with Gasteiger partial charge in [-0.15, -0.1) is 0 Å². The molecular weight excluding hydrogens is 416 g/mol. The molecule has 5 aromatic rings. The second-order valence-corrected chi connectivity index (χ2v) is 8.70. The number of hydrogen-bond donors (Lipinski definition) is 1. The number of imidazole rings is 1. The zero-order valence-corrected chi connectivity index (χ0v) is 18.9. The van der Waals surface area contributed by atoms with E-state index in [0.29, 0.717) is 0 Å². The van der Waals surface area contributed by atoms with Crippen molar-refractivity contribution in [2.24, 2.45) is 0 Å². The highest BCUT2D eigenvalue weighted by molar-refractivity contribution is 5.87. The Hall–Kier alpha value is -4.27. The van der Waals surface area contributed by atoms with Crippen LogP contribution in [0.5, 0.6) is 5.75 Å². The monoisotopic (exact) mass is 440 g/mol. The lowest BCUT2D eigenvalue weighted by atomic mass is 10.0. The third kappa shape index (κ3) is 3.67. The van der Waals surface area contributed by atoms with Crippen molar-refractivity contribution in [2.75, 3.05) is 12.8 Å². The Morgan fingerprint density at radius 2 is 1.76 bits per heavy atom. The maximum absolute atomic E-state index is 5.65. The highest BCUT2D eigenvalue weighted by Gasteiger charge is 2.25. The highest BCUT2D eigenvalue weighted by atomic mass is 16.5. The molecule has 0 atom stereocenters. The Balaban J connectivity index is 1.76. The molecule has 3 heterocycles. The van der Waals surface area contributed by atoms with Gasteiger partial charge in [0.05, 0.1) is 23.8 Å². The maximum Gasteiger partial charge on any atom is 0.219 e. The van der Waals surface area contributed by atoms with Crippen LogP contribution in [0.15, 0.2) is 61.4 Å². The quantitative estimate of drug-likeness (QED) is 0.448. The van der Waals surface area contributed by atoms with Gasteiger partial charge in [-0.1, -0.05) is 6.07 Å². The first-order valence-corrected chi connectivity index (χ1v) is 10.5. The molecule has 0 saturated heterocycles. The Kier molecular flexibility index (Phi) is 4.81. The number of nitrogen functional groups attached to an aromatic ring is 1. The van der Waals surface area contributed by atoms with Gasteiger partial charge in [-0.3, -0.25) is 0 Å². The molecule has 0 bridgehead atoms. The van der Waals surface area contributed by atoms with Crippen molar-refractivity contribution in [3.05, 3.63) is 61.4 Å². The summed E-state index contributed by atoms with van der Waals surface area (Å²) in [5, 5.41) is 4.34. The predicted octanol–water partition coefficient (Wildman–Crippen LogP) is 4.09. The zero-order valence-electron chi connectivity index (χ0n) is 18.9. The predicted molar refractivity (Wildman–Crippen MR) is 127 cm³/mol. The minimum atomic E-state index is -0.227. The molecule has 0 aliphatic heterocycles. The van der Waals surface area contributed by atoms with Gasteiger partial charge in [0.1, 0.15) is 24.2 Å². The Labute approximate surface area is 190 Å². The molecule has 9 heteroatoms. The average molecular weight is 441 g/mol. The van der Waals surface area contributed by atoms with Crippen molar-refractivity contribution in [3.63, 3.8) is 0 Å². The lowest BCUT2D eigenvalue weighted by Gasteiger charge is -2.25. The summed E-state index contributed by atoms with van der Waals surface area (Å²) in [6.45, 7) is 6.49. The van der Waals surface area contributed by atoms with Crippen molar-refractivity contribution in [3.8, 4) is 34.0 Å². The number of nitrogens with two attached hydrogens (primary N) is 1. The summed E-state index contributed by atoms with van der Waals surface area (Å²) in [6, 6.07) is 12.1. The van der Waals surface area contributed by atoms with Gasteiger partial charge in [-0.2, -0.15) is 5.10 Å². The standard InChI is InChI=1S/C24H24N8O/c1-24(2,3)32-20-8-5-15(16-11-27-23(25)28-12-16)9-19(20)30-22(32)18-7-6-17(33-4)10-21(18)31-14-26-13-29-31/h5-14H,1-4H3,(H2,25,27,28). The summed E-state index contributed by atoms with van der Waals surface area (Å²) < 4.78 is 9.43. The molecule has 0 aliphatic carbocycles. The molecule has 0 radical (unpaired) electrons. The third-order valence-electron chi connectivity index (χ3n) is 5.44. The van der Waals surface area contributed by atoms with Crippen molar-refractivity contribution >= 4 is 17.0 Å². The SMILES string of the molecule is COc1ccc(-c2nc3cc(-c4cnc(N)nc4)ccc3n2C(C)(C)C)c(-n2cncn2)c1. The van der Waals surface area contributed by atoms with E-state index in [0.717, 1.165) is 45.0 Å². The van der Waals surface area contributed by atoms with E-state index in [4.69, 9.17) is 15.5 Å². The minimum absolute atomic E-state index is 0.227. The maximum atomic E-state index is 5.65. The molecule has 0 unspecified atom stereocenters. The van der Waals surface area contributed by atoms with Gasteiger partial charge in [0, 0.05) is 35.1 Å². The normalized spacial score (nSPS) is 11.8. The number of ether oxygens (including phenoxy) is 1. The van der Waals surface area contributed by atoms with Crippen LogP contribution in [0.4, 0.5) is 5.95 Å². The van der Waals surface area contributed by atoms with E-state index in [9.17, 15) is 0 Å². The van der Waals surface area contributed by atoms with Crippen molar-refractivity contribution < 1.29 is 4.74 Å². The number of hydrogen-bond acceptors (Lipinski definition) is 7. The molecule has 3 aromatic heterocycles. The first kappa shape index (κ1) is 20.6. The molecule has 9 nitrogen and oxygen atoms in total. The van der Waals surface area contributed by atoms with E-state index in [1.807, 2.05) is 18.2 Å². The van der Waals surface area contributed by atoms with E-state index in [1.165, 1.54) is 6.33 Å². The number of fused-ring (bicyclic) bond motifs is 1. The largest absolute Gasteiger partial charge is 0.497 e. The van der Waals surface area contributed by atoms with Crippen LogP contribution in [-0.4, -0.2) is 41.4 Å². The zero-order chi connectivity index (χ0) is 23.2. The highest BCUT2D eigenvalue weighted by Crippen LogP contribution is 2.36. The number of rotatable bonds is 4. The molecule has 0 saturated carbocycles. The first-order chi connectivity index (χ1) is 15.8. The van der Waals surface area contributed by atoms with E-state index < -0.39 is 0 Å². The summed E-state index contributed by atoms with van der Waals surface area (Å²) in [5.41, 5.74) is 10.9. The summed E-state index contributed by atoms with van der Waals surface area (Å²) >= 11 is 0. The molecule has 33 heavy (non-hydrogen) atoms. The summed E-state index contributed by atoms with van der Waals surface area (Å²) in [7, 11) is 1.65. The summed E-state index contributed by atoms with van der Waals surface area (Å²) in [5.74, 6) is 1.81. The van der Waals surface area contributed by atoms with E-state index in [1.54, 1.807) is 30.5 Å². The fraction of sp³-hybridized carbons (Fsp3) is 0.208. The molecular formula is C24H24N8O. The van der Waals surface area contributed by atoms with Crippen molar-refractivity contribution in [1.29, 1.82) is 0 Å². The van der Waals surface area contributed by atoms with Gasteiger partial charge in [-0.25, -0.2) is 24.6 Å². The molecule has 5 rings (SSSR count). The van der Waals surface area contributed by atoms with Crippen LogP contribution in [0.25, 0.3) is 39.2 Å². The second kappa shape index (κ2) is 7.70. The van der Waals surface area contributed by atoms with Crippen LogP contribution in [-0.2, 0) is 5.54 Å². The number of methoxy groups -OCH3 is 1. The van der Waals surface area contributed by atoms with Crippen LogP contribution in [0, 0.1) is 0 Å². The van der Waals surface area contributed by atoms with Crippen LogP contribution in [0.1, 0.15) is 20.8 Å². The first-order valence-electron chi connectivity index (χ1n) is 10.5. The molecule has 0 aliphatic rings. The van der Waals surface area contributed by atoms with Gasteiger partial charge in [0.2, 0.25) is 5.95 Å². The van der Waals surface area contributed by atoms with Crippen molar-refractivity contribution in [1.82, 2.24) is 34.3 Å². The summed E-state index contributed by atoms with van der Waals surface area (Å²) in [6.07, 6.45) is 6.62. The van der Waals surface area contributed by atoms with Gasteiger partial charge in [0.25, 0.3) is 0 Å². The van der Waals surface area contributed by atoms with Crippen LogP contribution < -0.4 is 10.5 Å². The molecule has 166 valence electrons. The molecule has 0 spiro atoms. The second-order valence-electron chi connectivity index (χ2n) is 8.70. The Morgan fingerprint density at radius 1 is 0.970 bits per heavy atom. The smallest absolute Gasteiger partial charge is 0.219 e. The molecule has 0 fully saturated rings. The topological polar surface area (TPSA) is 110 Å². The Morgan fingerprint density at radius 3 is 2.42 bits per heavy atom. The van der Waals surface area contributed by atoms with Gasteiger partial charge < -0.3 is 15.0 Å². The Bertz CT molecular complexity index is 1430. The molecule has 0 amide bonds. The van der Waals surface area contributed by atoms with Gasteiger partial charge >= 0.3 is 0 Å². The minimum Gasteiger partial charge on any atom is -0.497 e. The van der Waals surface area contributed by atoms with Crippen LogP contribution in [0.3, 0.4) is 0 Å². The number of anilines is 1. The van der Waals surface area contributed by atoms with Crippen LogP contribution >= 0.6 is 0 Å². The number of aromatic nitrogens is 7. The fourth-order valence-corrected chi connectivity index (χ4v) is 3.96. The van der Waals surface area contributed by atoms with Crippen molar-refractivity contribution in [2.45, 2.75) is 26.3 Å².